The van der Waals surface area contributed by atoms with Gasteiger partial charge in [-0.15, -0.1) is 0 Å². The molecule has 0 saturated heterocycles. The summed E-state index contributed by atoms with van der Waals surface area (Å²) in [6, 6.07) is 16.2. The van der Waals surface area contributed by atoms with Crippen LogP contribution in [0, 0.1) is 11.8 Å². The third kappa shape index (κ3) is 10.4. The highest BCUT2D eigenvalue weighted by Crippen LogP contribution is 2.34. The number of hydrogen-bond acceptors (Lipinski definition) is 4. The van der Waals surface area contributed by atoms with Crippen LogP contribution in [0.2, 0.25) is 0 Å². The van der Waals surface area contributed by atoms with Crippen LogP contribution in [0.4, 0.5) is 11.4 Å². The van der Waals surface area contributed by atoms with Crippen LogP contribution in [0.3, 0.4) is 0 Å². The van der Waals surface area contributed by atoms with E-state index in [4.69, 9.17) is 0 Å². The third-order valence-electron chi connectivity index (χ3n) is 7.42. The van der Waals surface area contributed by atoms with Crippen LogP contribution >= 0.6 is 0 Å². The molecule has 2 aromatic carbocycles. The Hall–Kier alpha value is -3.25. The van der Waals surface area contributed by atoms with Gasteiger partial charge < -0.3 is 15.7 Å². The minimum atomic E-state index is -0.555. The molecule has 6 heteroatoms. The number of Topliss-reactive ketones (excluding diaryl/α,β-unsaturated/α-hetero) is 1. The number of allylic oxidation sites excluding steroid dienone is 1. The Morgan fingerprint density at radius 2 is 1.64 bits per heavy atom. The molecule has 1 saturated carbocycles. The molecule has 0 unspecified atom stereocenters. The number of carbonyl (C=O) groups is 3. The summed E-state index contributed by atoms with van der Waals surface area (Å²) >= 11 is 0. The largest absolute Gasteiger partial charge is 0.392 e. The predicted octanol–water partition coefficient (Wildman–Crippen LogP) is 7.31. The molecule has 1 aliphatic carbocycles. The van der Waals surface area contributed by atoms with Crippen molar-refractivity contribution in [3.8, 4) is 0 Å². The molecule has 3 rings (SSSR count). The molecule has 2 aromatic rings. The SMILES string of the molecule is CCCCCC/C=C/[C@H]1[C@H](O)CC(=O)[C@@H]1CCCCCCC(=O)Nc1cccc(C(=O)Nc2ccccc2)c1. The summed E-state index contributed by atoms with van der Waals surface area (Å²) in [5.41, 5.74) is 1.80. The zero-order chi connectivity index (χ0) is 27.9. The lowest BCUT2D eigenvalue weighted by Crippen LogP contribution is -2.18. The molecule has 0 heterocycles. The first-order chi connectivity index (χ1) is 19.0. The molecular formula is C33H44N2O4. The van der Waals surface area contributed by atoms with E-state index in [0.717, 1.165) is 50.6 Å². The van der Waals surface area contributed by atoms with Crippen molar-refractivity contribution >= 4 is 29.0 Å². The van der Waals surface area contributed by atoms with Crippen LogP contribution in [0.1, 0.15) is 94.3 Å². The maximum atomic E-state index is 12.5. The smallest absolute Gasteiger partial charge is 0.255 e. The fourth-order valence-corrected chi connectivity index (χ4v) is 5.22. The summed E-state index contributed by atoms with van der Waals surface area (Å²) in [6.07, 6.45) is 14.6. The van der Waals surface area contributed by atoms with Crippen LogP contribution < -0.4 is 10.6 Å². The Morgan fingerprint density at radius 3 is 2.44 bits per heavy atom. The zero-order valence-corrected chi connectivity index (χ0v) is 23.2. The van der Waals surface area contributed by atoms with Crippen LogP contribution in [0.5, 0.6) is 0 Å². The highest BCUT2D eigenvalue weighted by molar-refractivity contribution is 6.05. The zero-order valence-electron chi connectivity index (χ0n) is 23.2. The van der Waals surface area contributed by atoms with Crippen molar-refractivity contribution < 1.29 is 19.5 Å². The predicted molar refractivity (Wildman–Crippen MR) is 158 cm³/mol. The number of amides is 2. The average molecular weight is 533 g/mol. The molecule has 6 nitrogen and oxygen atoms in total. The normalized spacial score (nSPS) is 18.9. The van der Waals surface area contributed by atoms with Crippen molar-refractivity contribution in [3.05, 3.63) is 72.3 Å². The molecule has 2 amide bonds. The number of aliphatic hydroxyl groups is 1. The van der Waals surface area contributed by atoms with E-state index in [0.29, 0.717) is 17.7 Å². The van der Waals surface area contributed by atoms with E-state index in [1.807, 2.05) is 30.3 Å². The first-order valence-corrected chi connectivity index (χ1v) is 14.6. The number of ketones is 1. The second kappa shape index (κ2) is 16.7. The van der Waals surface area contributed by atoms with Crippen molar-refractivity contribution in [2.75, 3.05) is 10.6 Å². The van der Waals surface area contributed by atoms with Crippen LogP contribution in [-0.2, 0) is 9.59 Å². The van der Waals surface area contributed by atoms with E-state index in [-0.39, 0.29) is 35.9 Å². The Bertz CT molecular complexity index is 1080. The van der Waals surface area contributed by atoms with Crippen molar-refractivity contribution in [3.63, 3.8) is 0 Å². The topological polar surface area (TPSA) is 95.5 Å². The van der Waals surface area contributed by atoms with Crippen molar-refractivity contribution in [2.45, 2.75) is 90.1 Å². The van der Waals surface area contributed by atoms with Gasteiger partial charge in [-0.3, -0.25) is 14.4 Å². The molecule has 3 atom stereocenters. The highest BCUT2D eigenvalue weighted by atomic mass is 16.3. The average Bonchev–Trinajstić information content (AvgIpc) is 3.20. The molecule has 3 N–H and O–H groups in total. The lowest BCUT2D eigenvalue weighted by atomic mass is 9.88. The standard InChI is InChI=1S/C33H44N2O4/c1-2-3-4-5-6-12-20-28-29(31(37)24-30(28)36)21-13-7-8-14-22-32(38)34-27-19-15-16-25(23-27)33(39)35-26-17-10-9-11-18-26/h9-12,15-20,23,28-30,36H,2-8,13-14,21-22,24H2,1H3,(H,34,38)(H,35,39)/b20-12+/t28-,29-,30-/m1/s1. The number of para-hydroxylation sites is 1. The van der Waals surface area contributed by atoms with Gasteiger partial charge in [0, 0.05) is 41.6 Å². The number of benzene rings is 2. The molecular weight excluding hydrogens is 488 g/mol. The summed E-state index contributed by atoms with van der Waals surface area (Å²) in [6.45, 7) is 2.20. The van der Waals surface area contributed by atoms with E-state index < -0.39 is 6.10 Å². The molecule has 0 bridgehead atoms. The van der Waals surface area contributed by atoms with Gasteiger partial charge in [0.05, 0.1) is 6.10 Å². The Kier molecular flexibility index (Phi) is 12.9. The number of unbranched alkanes of at least 4 members (excludes halogenated alkanes) is 7. The van der Waals surface area contributed by atoms with E-state index in [1.165, 1.54) is 19.3 Å². The lowest BCUT2D eigenvalue weighted by molar-refractivity contribution is -0.121. The molecule has 0 aromatic heterocycles. The molecule has 1 fully saturated rings. The second-order valence-electron chi connectivity index (χ2n) is 10.6. The first-order valence-electron chi connectivity index (χ1n) is 14.6. The third-order valence-corrected chi connectivity index (χ3v) is 7.42. The van der Waals surface area contributed by atoms with Crippen molar-refractivity contribution in [1.82, 2.24) is 0 Å². The van der Waals surface area contributed by atoms with Gasteiger partial charge in [0.25, 0.3) is 5.91 Å². The molecule has 0 radical (unpaired) electrons. The van der Waals surface area contributed by atoms with Gasteiger partial charge in [-0.25, -0.2) is 0 Å². The molecule has 0 aliphatic heterocycles. The summed E-state index contributed by atoms with van der Waals surface area (Å²) in [5.74, 6) is -0.257. The maximum absolute atomic E-state index is 12.5. The summed E-state index contributed by atoms with van der Waals surface area (Å²) in [5, 5.41) is 16.1. The summed E-state index contributed by atoms with van der Waals surface area (Å²) in [4.78, 5) is 37.4. The van der Waals surface area contributed by atoms with Gasteiger partial charge in [-0.05, 0) is 56.0 Å². The molecule has 39 heavy (non-hydrogen) atoms. The van der Waals surface area contributed by atoms with Crippen LogP contribution in [0.25, 0.3) is 0 Å². The maximum Gasteiger partial charge on any atom is 0.255 e. The highest BCUT2D eigenvalue weighted by Gasteiger charge is 2.39. The number of carbonyl (C=O) groups excluding carboxylic acids is 3. The van der Waals surface area contributed by atoms with Gasteiger partial charge >= 0.3 is 0 Å². The van der Waals surface area contributed by atoms with Gasteiger partial charge in [0.15, 0.2) is 0 Å². The van der Waals surface area contributed by atoms with Gasteiger partial charge in [-0.2, -0.15) is 0 Å². The fourth-order valence-electron chi connectivity index (χ4n) is 5.22. The number of aliphatic hydroxyl groups excluding tert-OH is 1. The first kappa shape index (κ1) is 30.3. The molecule has 0 spiro atoms. The van der Waals surface area contributed by atoms with E-state index in [9.17, 15) is 19.5 Å². The van der Waals surface area contributed by atoms with E-state index >= 15 is 0 Å². The van der Waals surface area contributed by atoms with E-state index in [1.54, 1.807) is 24.3 Å². The molecule has 1 aliphatic rings. The van der Waals surface area contributed by atoms with Gasteiger partial charge in [0.2, 0.25) is 5.91 Å². The fraction of sp³-hybridized carbons (Fsp3) is 0.485. The Balaban J connectivity index is 1.34. The van der Waals surface area contributed by atoms with E-state index in [2.05, 4.69) is 29.7 Å². The Morgan fingerprint density at radius 1 is 0.897 bits per heavy atom. The van der Waals surface area contributed by atoms with Gasteiger partial charge in [0.1, 0.15) is 5.78 Å². The number of hydrogen-bond donors (Lipinski definition) is 3. The monoisotopic (exact) mass is 532 g/mol. The molecule has 210 valence electrons. The van der Waals surface area contributed by atoms with Crippen LogP contribution in [-0.4, -0.2) is 28.8 Å². The van der Waals surface area contributed by atoms with Crippen LogP contribution in [0.15, 0.2) is 66.7 Å². The lowest BCUT2D eigenvalue weighted by Gasteiger charge is -2.17. The minimum Gasteiger partial charge on any atom is -0.392 e. The van der Waals surface area contributed by atoms with Crippen molar-refractivity contribution in [2.24, 2.45) is 11.8 Å². The quantitative estimate of drug-likeness (QED) is 0.156. The number of nitrogens with one attached hydrogen (secondary N) is 2. The summed E-state index contributed by atoms with van der Waals surface area (Å²) in [7, 11) is 0. The number of anilines is 2. The summed E-state index contributed by atoms with van der Waals surface area (Å²) < 4.78 is 0. The Labute approximate surface area is 233 Å². The van der Waals surface area contributed by atoms with Crippen molar-refractivity contribution in [1.29, 1.82) is 0 Å². The minimum absolute atomic E-state index is 0.0556. The second-order valence-corrected chi connectivity index (χ2v) is 10.6. The van der Waals surface area contributed by atoms with Gasteiger partial charge in [-0.1, -0.05) is 81.9 Å². The number of rotatable bonds is 16.